The molecule has 0 saturated heterocycles. The summed E-state index contributed by atoms with van der Waals surface area (Å²) in [5, 5.41) is 14.4. The zero-order chi connectivity index (χ0) is 14.8. The smallest absolute Gasteiger partial charge is 0.315 e. The molecule has 0 aliphatic rings. The summed E-state index contributed by atoms with van der Waals surface area (Å²) in [7, 11) is 1.63. The quantitative estimate of drug-likeness (QED) is 0.680. The van der Waals surface area contributed by atoms with Gasteiger partial charge < -0.3 is 20.5 Å². The van der Waals surface area contributed by atoms with Crippen molar-refractivity contribution in [2.75, 3.05) is 20.3 Å². The van der Waals surface area contributed by atoms with Crippen molar-refractivity contribution >= 4 is 6.03 Å². The normalized spacial score (nSPS) is 13.6. The summed E-state index contributed by atoms with van der Waals surface area (Å²) in [5.74, 6) is 0. The molecule has 0 bridgehead atoms. The van der Waals surface area contributed by atoms with Crippen LogP contribution >= 0.6 is 0 Å². The van der Waals surface area contributed by atoms with E-state index < -0.39 is 0 Å². The second-order valence-corrected chi connectivity index (χ2v) is 4.76. The molecule has 0 aromatic heterocycles. The van der Waals surface area contributed by atoms with Gasteiger partial charge in [0.25, 0.3) is 0 Å². The molecular weight excluding hydrogens is 256 g/mol. The van der Waals surface area contributed by atoms with Crippen LogP contribution < -0.4 is 10.6 Å². The number of aliphatic hydroxyl groups excluding tert-OH is 1. The molecule has 1 rings (SSSR count). The van der Waals surface area contributed by atoms with Crippen LogP contribution in [0.3, 0.4) is 0 Å². The summed E-state index contributed by atoms with van der Waals surface area (Å²) in [6, 6.07) is 9.60. The zero-order valence-corrected chi connectivity index (χ0v) is 12.1. The monoisotopic (exact) mass is 280 g/mol. The van der Waals surface area contributed by atoms with Crippen molar-refractivity contribution in [2.24, 2.45) is 0 Å². The lowest BCUT2D eigenvalue weighted by Crippen LogP contribution is -2.42. The summed E-state index contributed by atoms with van der Waals surface area (Å²) in [5.41, 5.74) is 1.03. The number of hydrogen-bond acceptors (Lipinski definition) is 3. The van der Waals surface area contributed by atoms with Gasteiger partial charge in [-0.05, 0) is 25.3 Å². The molecule has 112 valence electrons. The summed E-state index contributed by atoms with van der Waals surface area (Å²) in [6.07, 6.45) is 1.29. The molecule has 2 unspecified atom stereocenters. The lowest BCUT2D eigenvalue weighted by molar-refractivity contribution is 0.104. The first-order valence-corrected chi connectivity index (χ1v) is 6.90. The van der Waals surface area contributed by atoms with Gasteiger partial charge in [-0.15, -0.1) is 0 Å². The average Bonchev–Trinajstić information content (AvgIpc) is 2.47. The molecule has 0 saturated carbocycles. The highest BCUT2D eigenvalue weighted by atomic mass is 16.5. The Hall–Kier alpha value is -1.59. The van der Waals surface area contributed by atoms with E-state index in [2.05, 4.69) is 10.6 Å². The first-order valence-electron chi connectivity index (χ1n) is 6.90. The molecule has 2 amide bonds. The van der Waals surface area contributed by atoms with Crippen LogP contribution in [0, 0.1) is 0 Å². The van der Waals surface area contributed by atoms with E-state index >= 15 is 0 Å². The van der Waals surface area contributed by atoms with Gasteiger partial charge in [0, 0.05) is 26.3 Å². The molecule has 3 N–H and O–H groups in total. The third-order valence-electron chi connectivity index (χ3n) is 3.08. The Balaban J connectivity index is 2.35. The third-order valence-corrected chi connectivity index (χ3v) is 3.08. The van der Waals surface area contributed by atoms with Gasteiger partial charge in [-0.25, -0.2) is 4.79 Å². The summed E-state index contributed by atoms with van der Waals surface area (Å²) < 4.78 is 5.38. The molecule has 0 fully saturated rings. The summed E-state index contributed by atoms with van der Waals surface area (Å²) in [4.78, 5) is 11.7. The van der Waals surface area contributed by atoms with E-state index in [1.807, 2.05) is 37.3 Å². The van der Waals surface area contributed by atoms with Crippen LogP contribution in [0.4, 0.5) is 4.79 Å². The lowest BCUT2D eigenvalue weighted by Gasteiger charge is -2.18. The van der Waals surface area contributed by atoms with Gasteiger partial charge >= 0.3 is 6.03 Å². The number of carbonyl (C=O) groups is 1. The average molecular weight is 280 g/mol. The van der Waals surface area contributed by atoms with Gasteiger partial charge in [0.05, 0.1) is 6.10 Å². The van der Waals surface area contributed by atoms with Crippen molar-refractivity contribution in [3.8, 4) is 0 Å². The molecule has 1 aromatic rings. The maximum absolute atomic E-state index is 11.7. The lowest BCUT2D eigenvalue weighted by atomic mass is 10.1. The van der Waals surface area contributed by atoms with Crippen LogP contribution in [-0.4, -0.2) is 37.4 Å². The standard InChI is InChI=1S/C15H24N2O3/c1-12(7-6-10-18)17-15(19)16-11-14(20-2)13-8-4-3-5-9-13/h3-5,8-9,12,14,18H,6-7,10-11H2,1-2H3,(H2,16,17,19). The third kappa shape index (κ3) is 6.04. The highest BCUT2D eigenvalue weighted by Crippen LogP contribution is 2.14. The van der Waals surface area contributed by atoms with Crippen LogP contribution in [0.5, 0.6) is 0 Å². The second-order valence-electron chi connectivity index (χ2n) is 4.76. The Morgan fingerprint density at radius 2 is 2.05 bits per heavy atom. The predicted octanol–water partition coefficient (Wildman–Crippen LogP) is 1.83. The van der Waals surface area contributed by atoms with Gasteiger partial charge in [-0.1, -0.05) is 30.3 Å². The molecule has 0 radical (unpaired) electrons. The van der Waals surface area contributed by atoms with E-state index in [9.17, 15) is 4.79 Å². The first kappa shape index (κ1) is 16.5. The Labute approximate surface area is 120 Å². The number of ether oxygens (including phenoxy) is 1. The predicted molar refractivity (Wildman–Crippen MR) is 78.5 cm³/mol. The van der Waals surface area contributed by atoms with E-state index in [4.69, 9.17) is 9.84 Å². The number of aliphatic hydroxyl groups is 1. The summed E-state index contributed by atoms with van der Waals surface area (Å²) >= 11 is 0. The van der Waals surface area contributed by atoms with Crippen LogP contribution in [0.2, 0.25) is 0 Å². The maximum Gasteiger partial charge on any atom is 0.315 e. The number of urea groups is 1. The van der Waals surface area contributed by atoms with Crippen LogP contribution in [0.25, 0.3) is 0 Å². The van der Waals surface area contributed by atoms with Crippen molar-refractivity contribution in [2.45, 2.75) is 31.9 Å². The van der Waals surface area contributed by atoms with Gasteiger partial charge in [-0.2, -0.15) is 0 Å². The fourth-order valence-corrected chi connectivity index (χ4v) is 1.93. The SMILES string of the molecule is COC(CNC(=O)NC(C)CCCO)c1ccccc1. The van der Waals surface area contributed by atoms with Crippen molar-refractivity contribution in [1.29, 1.82) is 0 Å². The molecule has 20 heavy (non-hydrogen) atoms. The minimum Gasteiger partial charge on any atom is -0.396 e. The highest BCUT2D eigenvalue weighted by Gasteiger charge is 2.12. The van der Waals surface area contributed by atoms with Crippen molar-refractivity contribution < 1.29 is 14.6 Å². The first-order chi connectivity index (χ1) is 9.67. The Morgan fingerprint density at radius 3 is 2.65 bits per heavy atom. The highest BCUT2D eigenvalue weighted by molar-refractivity contribution is 5.74. The molecular formula is C15H24N2O3. The van der Waals surface area contributed by atoms with Crippen molar-refractivity contribution in [3.63, 3.8) is 0 Å². The topological polar surface area (TPSA) is 70.6 Å². The van der Waals surface area contributed by atoms with E-state index in [-0.39, 0.29) is 24.8 Å². The van der Waals surface area contributed by atoms with E-state index in [1.54, 1.807) is 7.11 Å². The molecule has 0 aliphatic carbocycles. The number of nitrogens with one attached hydrogen (secondary N) is 2. The Morgan fingerprint density at radius 1 is 1.35 bits per heavy atom. The number of carbonyl (C=O) groups excluding carboxylic acids is 1. The Bertz CT molecular complexity index is 384. The number of rotatable bonds is 8. The Kier molecular flexibility index (Phi) is 7.69. The van der Waals surface area contributed by atoms with E-state index in [1.165, 1.54) is 0 Å². The fourth-order valence-electron chi connectivity index (χ4n) is 1.93. The molecule has 5 heteroatoms. The van der Waals surface area contributed by atoms with Crippen LogP contribution in [0.1, 0.15) is 31.4 Å². The van der Waals surface area contributed by atoms with Gasteiger partial charge in [0.1, 0.15) is 0 Å². The molecule has 2 atom stereocenters. The van der Waals surface area contributed by atoms with E-state index in [0.717, 1.165) is 12.0 Å². The number of amides is 2. The minimum absolute atomic E-state index is 0.0415. The van der Waals surface area contributed by atoms with Crippen molar-refractivity contribution in [1.82, 2.24) is 10.6 Å². The van der Waals surface area contributed by atoms with Crippen LogP contribution in [0.15, 0.2) is 30.3 Å². The minimum atomic E-state index is -0.214. The second kappa shape index (κ2) is 9.34. The van der Waals surface area contributed by atoms with Gasteiger partial charge in [0.2, 0.25) is 0 Å². The summed E-state index contributed by atoms with van der Waals surface area (Å²) in [6.45, 7) is 2.48. The molecule has 0 aliphatic heterocycles. The number of benzene rings is 1. The molecule has 0 heterocycles. The molecule has 5 nitrogen and oxygen atoms in total. The van der Waals surface area contributed by atoms with Crippen molar-refractivity contribution in [3.05, 3.63) is 35.9 Å². The van der Waals surface area contributed by atoms with Crippen LogP contribution in [-0.2, 0) is 4.74 Å². The zero-order valence-electron chi connectivity index (χ0n) is 12.1. The fraction of sp³-hybridized carbons (Fsp3) is 0.533. The number of hydrogen-bond donors (Lipinski definition) is 3. The molecule has 0 spiro atoms. The van der Waals surface area contributed by atoms with Gasteiger partial charge in [0.15, 0.2) is 0 Å². The number of methoxy groups -OCH3 is 1. The van der Waals surface area contributed by atoms with E-state index in [0.29, 0.717) is 13.0 Å². The van der Waals surface area contributed by atoms with Gasteiger partial charge in [-0.3, -0.25) is 0 Å². The maximum atomic E-state index is 11.7. The largest absolute Gasteiger partial charge is 0.396 e. The molecule has 1 aromatic carbocycles.